The van der Waals surface area contributed by atoms with E-state index in [1.807, 2.05) is 13.1 Å². The number of phenols is 1. The molecular formula is C18H14BrN7O4. The first-order chi connectivity index (χ1) is 14.4. The first-order valence-corrected chi connectivity index (χ1v) is 9.53. The fraction of sp³-hybridized carbons (Fsp3) is 0.111. The van der Waals surface area contributed by atoms with E-state index in [0.29, 0.717) is 23.6 Å². The summed E-state index contributed by atoms with van der Waals surface area (Å²) in [6, 6.07) is 6.61. The summed E-state index contributed by atoms with van der Waals surface area (Å²) in [5.74, 6) is -1.03. The Morgan fingerprint density at radius 1 is 1.30 bits per heavy atom. The molecule has 0 aliphatic rings. The van der Waals surface area contributed by atoms with E-state index in [4.69, 9.17) is 0 Å². The van der Waals surface area contributed by atoms with E-state index in [1.165, 1.54) is 22.7 Å². The van der Waals surface area contributed by atoms with Gasteiger partial charge in [-0.3, -0.25) is 19.6 Å². The smallest absolute Gasteiger partial charge is 0.276 e. The van der Waals surface area contributed by atoms with Crippen LogP contribution in [0.25, 0.3) is 17.0 Å². The minimum atomic E-state index is -0.640. The fourth-order valence-electron chi connectivity index (χ4n) is 2.84. The number of nitrogens with one attached hydrogen (secondary N) is 1. The highest BCUT2D eigenvalue weighted by atomic mass is 79.9. The van der Waals surface area contributed by atoms with Gasteiger partial charge in [-0.05, 0) is 35.0 Å². The Balaban J connectivity index is 1.68. The van der Waals surface area contributed by atoms with Gasteiger partial charge in [0.2, 0.25) is 0 Å². The Bertz CT molecular complexity index is 1300. The monoisotopic (exact) mass is 471 g/mol. The number of non-ortho nitro benzene ring substituents is 1. The van der Waals surface area contributed by atoms with Crippen LogP contribution < -0.4 is 5.32 Å². The molecule has 0 saturated heterocycles. The third kappa shape index (κ3) is 3.48. The number of benzene rings is 1. The Labute approximate surface area is 177 Å². The fourth-order valence-corrected chi connectivity index (χ4v) is 3.36. The van der Waals surface area contributed by atoms with Crippen molar-refractivity contribution in [2.24, 2.45) is 0 Å². The molecule has 0 bridgehead atoms. The van der Waals surface area contributed by atoms with Crippen LogP contribution in [0.1, 0.15) is 17.4 Å². The van der Waals surface area contributed by atoms with Crippen LogP contribution in [0.2, 0.25) is 0 Å². The van der Waals surface area contributed by atoms with Crippen LogP contribution >= 0.6 is 15.9 Å². The molecule has 2 N–H and O–H groups in total. The van der Waals surface area contributed by atoms with Crippen LogP contribution in [0.5, 0.6) is 5.75 Å². The Kier molecular flexibility index (Phi) is 4.91. The summed E-state index contributed by atoms with van der Waals surface area (Å²) in [7, 11) is 0. The van der Waals surface area contributed by atoms with E-state index in [2.05, 4.69) is 36.4 Å². The second-order valence-electron chi connectivity index (χ2n) is 6.22. The molecule has 30 heavy (non-hydrogen) atoms. The molecule has 1 aromatic carbocycles. The van der Waals surface area contributed by atoms with Crippen LogP contribution in [0.3, 0.4) is 0 Å². The van der Waals surface area contributed by atoms with E-state index in [1.54, 1.807) is 16.9 Å². The number of nitro groups is 1. The molecule has 3 aromatic heterocycles. The van der Waals surface area contributed by atoms with Gasteiger partial charge in [0.1, 0.15) is 11.4 Å². The summed E-state index contributed by atoms with van der Waals surface area (Å²) >= 11 is 3.48. The number of hydrogen-bond acceptors (Lipinski definition) is 7. The van der Waals surface area contributed by atoms with E-state index in [-0.39, 0.29) is 17.1 Å². The highest BCUT2D eigenvalue weighted by molar-refractivity contribution is 9.10. The summed E-state index contributed by atoms with van der Waals surface area (Å²) in [5, 5.41) is 32.0. The van der Waals surface area contributed by atoms with Crippen LogP contribution in [0.15, 0.2) is 47.2 Å². The van der Waals surface area contributed by atoms with Crippen molar-refractivity contribution in [3.8, 4) is 17.1 Å². The van der Waals surface area contributed by atoms with Gasteiger partial charge < -0.3 is 10.4 Å². The third-order valence-corrected chi connectivity index (χ3v) is 4.89. The van der Waals surface area contributed by atoms with E-state index < -0.39 is 16.6 Å². The number of nitro benzene ring substituents is 1. The van der Waals surface area contributed by atoms with Gasteiger partial charge >= 0.3 is 0 Å². The molecule has 11 nitrogen and oxygen atoms in total. The average Bonchev–Trinajstić information content (AvgIpc) is 3.32. The maximum absolute atomic E-state index is 12.6. The number of carbonyl (C=O) groups is 1. The Morgan fingerprint density at radius 2 is 2.10 bits per heavy atom. The molecule has 0 aliphatic heterocycles. The lowest BCUT2D eigenvalue weighted by Gasteiger charge is -2.05. The van der Waals surface area contributed by atoms with Gasteiger partial charge in [-0.15, -0.1) is 0 Å². The number of phenolic OH excluding ortho intramolecular Hbond substituents is 1. The Morgan fingerprint density at radius 3 is 2.77 bits per heavy atom. The molecule has 3 heterocycles. The molecule has 0 spiro atoms. The number of amides is 1. The predicted molar refractivity (Wildman–Crippen MR) is 110 cm³/mol. The molecule has 0 aliphatic carbocycles. The lowest BCUT2D eigenvalue weighted by molar-refractivity contribution is -0.384. The van der Waals surface area contributed by atoms with Gasteiger partial charge in [-0.25, -0.2) is 9.50 Å². The quantitative estimate of drug-likeness (QED) is 0.258. The van der Waals surface area contributed by atoms with Crippen molar-refractivity contribution < 1.29 is 14.8 Å². The third-order valence-electron chi connectivity index (χ3n) is 4.31. The number of rotatable bonds is 5. The lowest BCUT2D eigenvalue weighted by Crippen LogP contribution is -2.13. The molecule has 4 aromatic rings. The van der Waals surface area contributed by atoms with Gasteiger partial charge in [0, 0.05) is 31.1 Å². The van der Waals surface area contributed by atoms with Crippen LogP contribution in [0.4, 0.5) is 11.4 Å². The summed E-state index contributed by atoms with van der Waals surface area (Å²) in [4.78, 5) is 27.0. The molecule has 0 fully saturated rings. The lowest BCUT2D eigenvalue weighted by atomic mass is 10.2. The highest BCUT2D eigenvalue weighted by Gasteiger charge is 2.19. The summed E-state index contributed by atoms with van der Waals surface area (Å²) < 4.78 is 4.03. The number of nitrogens with zero attached hydrogens (tertiary/aromatic N) is 6. The summed E-state index contributed by atoms with van der Waals surface area (Å²) in [6.07, 6.45) is 3.43. The molecule has 0 unspecified atom stereocenters. The van der Waals surface area contributed by atoms with Crippen molar-refractivity contribution in [2.45, 2.75) is 13.5 Å². The first-order valence-electron chi connectivity index (χ1n) is 8.74. The topological polar surface area (TPSA) is 140 Å². The molecule has 12 heteroatoms. The number of carbonyl (C=O) groups excluding carboxylic acids is 1. The minimum absolute atomic E-state index is 0.0280. The molecule has 4 rings (SSSR count). The molecule has 1 amide bonds. The SMILES string of the molecule is CCn1cc(Br)c(-c2ccnc3cc(C(=O)Nc4ccc([N+](=O)[O-])cc4O)nn23)n1. The van der Waals surface area contributed by atoms with Crippen molar-refractivity contribution in [1.29, 1.82) is 0 Å². The van der Waals surface area contributed by atoms with Gasteiger partial charge in [-0.1, -0.05) is 0 Å². The summed E-state index contributed by atoms with van der Waals surface area (Å²) in [6.45, 7) is 2.66. The number of aryl methyl sites for hydroxylation is 1. The Hall–Kier alpha value is -3.80. The maximum Gasteiger partial charge on any atom is 0.276 e. The number of aromatic hydroxyl groups is 1. The minimum Gasteiger partial charge on any atom is -0.506 e. The zero-order valence-electron chi connectivity index (χ0n) is 15.5. The average molecular weight is 472 g/mol. The zero-order chi connectivity index (χ0) is 21.4. The largest absolute Gasteiger partial charge is 0.506 e. The van der Waals surface area contributed by atoms with Gasteiger partial charge in [0.05, 0.1) is 26.8 Å². The summed E-state index contributed by atoms with van der Waals surface area (Å²) in [5.41, 5.74) is 1.51. The normalized spacial score (nSPS) is 11.0. The van der Waals surface area contributed by atoms with E-state index in [0.717, 1.165) is 10.5 Å². The van der Waals surface area contributed by atoms with Gasteiger partial charge in [-0.2, -0.15) is 10.2 Å². The first kappa shape index (κ1) is 19.5. The van der Waals surface area contributed by atoms with Crippen molar-refractivity contribution >= 4 is 38.9 Å². The molecule has 0 radical (unpaired) electrons. The number of fused-ring (bicyclic) bond motifs is 1. The zero-order valence-corrected chi connectivity index (χ0v) is 17.1. The van der Waals surface area contributed by atoms with Crippen molar-refractivity contribution in [2.75, 3.05) is 5.32 Å². The molecule has 0 atom stereocenters. The number of hydrogen-bond donors (Lipinski definition) is 2. The molecule has 0 saturated carbocycles. The molecule has 152 valence electrons. The van der Waals surface area contributed by atoms with Gasteiger partial charge in [0.25, 0.3) is 11.6 Å². The second kappa shape index (κ2) is 7.55. The molecular weight excluding hydrogens is 458 g/mol. The van der Waals surface area contributed by atoms with Crippen LogP contribution in [-0.2, 0) is 6.54 Å². The standard InChI is InChI=1S/C18H14BrN7O4/c1-2-24-9-11(19)17(23-24)14-5-6-20-16-8-13(22-25(14)16)18(28)21-12-4-3-10(26(29)30)7-15(12)27/h3-9,27H,2H2,1H3,(H,21,28). The van der Waals surface area contributed by atoms with Crippen LogP contribution in [-0.4, -0.2) is 40.3 Å². The van der Waals surface area contributed by atoms with Crippen molar-refractivity contribution in [3.05, 3.63) is 63.0 Å². The second-order valence-corrected chi connectivity index (χ2v) is 7.08. The number of halogens is 1. The van der Waals surface area contributed by atoms with E-state index in [9.17, 15) is 20.0 Å². The predicted octanol–water partition coefficient (Wildman–Crippen LogP) is 3.24. The van der Waals surface area contributed by atoms with Crippen molar-refractivity contribution in [1.82, 2.24) is 24.4 Å². The highest BCUT2D eigenvalue weighted by Crippen LogP contribution is 2.29. The number of anilines is 1. The number of aromatic nitrogens is 5. The van der Waals surface area contributed by atoms with E-state index >= 15 is 0 Å². The van der Waals surface area contributed by atoms with Crippen molar-refractivity contribution in [3.63, 3.8) is 0 Å². The van der Waals surface area contributed by atoms with Crippen LogP contribution in [0, 0.1) is 10.1 Å². The van der Waals surface area contributed by atoms with Gasteiger partial charge in [0.15, 0.2) is 11.3 Å². The maximum atomic E-state index is 12.6.